The van der Waals surface area contributed by atoms with Crippen molar-refractivity contribution >= 4 is 17.7 Å². The third-order valence-electron chi connectivity index (χ3n) is 2.80. The van der Waals surface area contributed by atoms with Gasteiger partial charge in [0.1, 0.15) is 11.9 Å². The van der Waals surface area contributed by atoms with E-state index in [2.05, 4.69) is 0 Å². The number of methoxy groups -OCH3 is 2. The van der Waals surface area contributed by atoms with E-state index in [1.54, 1.807) is 14.2 Å². The van der Waals surface area contributed by atoms with E-state index >= 15 is 0 Å². The highest BCUT2D eigenvalue weighted by atomic mass is 35.5. The van der Waals surface area contributed by atoms with Crippen molar-refractivity contribution in [1.82, 2.24) is 0 Å². The minimum absolute atomic E-state index is 0.257. The summed E-state index contributed by atoms with van der Waals surface area (Å²) >= 11 is 6.24. The van der Waals surface area contributed by atoms with Crippen LogP contribution in [0, 0.1) is 0 Å². The van der Waals surface area contributed by atoms with Crippen LogP contribution in [0.15, 0.2) is 58.8 Å². The molecule has 0 aromatic heterocycles. The highest BCUT2D eigenvalue weighted by Gasteiger charge is 2.24. The van der Waals surface area contributed by atoms with E-state index in [0.717, 1.165) is 16.9 Å². The smallest absolute Gasteiger partial charge is 0.141 e. The average Bonchev–Trinajstić information content (AvgIpc) is 2.42. The molecule has 0 radical (unpaired) electrons. The zero-order chi connectivity index (χ0) is 13.0. The van der Waals surface area contributed by atoms with E-state index in [4.69, 9.17) is 21.1 Å². The topological polar surface area (TPSA) is 18.5 Å². The van der Waals surface area contributed by atoms with Crippen LogP contribution < -0.4 is 0 Å². The van der Waals surface area contributed by atoms with Gasteiger partial charge >= 0.3 is 0 Å². The van der Waals surface area contributed by atoms with Crippen molar-refractivity contribution in [3.05, 3.63) is 64.4 Å². The van der Waals surface area contributed by atoms with Gasteiger partial charge in [0.2, 0.25) is 0 Å². The fraction of sp³-hybridized carbons (Fsp3) is 0.200. The summed E-state index contributed by atoms with van der Waals surface area (Å²) in [5.41, 5.74) is 1.99. The van der Waals surface area contributed by atoms with Gasteiger partial charge in [-0.1, -0.05) is 41.9 Å². The molecule has 0 fully saturated rings. The molecule has 0 spiro atoms. The van der Waals surface area contributed by atoms with Crippen LogP contribution >= 0.6 is 11.6 Å². The van der Waals surface area contributed by atoms with Gasteiger partial charge in [0.25, 0.3) is 0 Å². The molecule has 18 heavy (non-hydrogen) atoms. The Morgan fingerprint density at radius 1 is 1.11 bits per heavy atom. The van der Waals surface area contributed by atoms with E-state index in [1.807, 2.05) is 48.6 Å². The fourth-order valence-electron chi connectivity index (χ4n) is 1.91. The van der Waals surface area contributed by atoms with E-state index in [-0.39, 0.29) is 6.10 Å². The predicted octanol–water partition coefficient (Wildman–Crippen LogP) is 3.75. The van der Waals surface area contributed by atoms with Crippen molar-refractivity contribution in [3.63, 3.8) is 0 Å². The van der Waals surface area contributed by atoms with Gasteiger partial charge < -0.3 is 9.47 Å². The second kappa shape index (κ2) is 5.89. The van der Waals surface area contributed by atoms with Crippen LogP contribution in [0.4, 0.5) is 0 Å². The molecule has 0 saturated carbocycles. The van der Waals surface area contributed by atoms with Crippen molar-refractivity contribution in [2.75, 3.05) is 14.2 Å². The SMILES string of the molecule is COC1=CC=C(Cl)C(=Cc2ccccc2)C1OC. The Morgan fingerprint density at radius 2 is 1.83 bits per heavy atom. The summed E-state index contributed by atoms with van der Waals surface area (Å²) < 4.78 is 10.8. The van der Waals surface area contributed by atoms with Crippen LogP contribution in [0.3, 0.4) is 0 Å². The van der Waals surface area contributed by atoms with Gasteiger partial charge in [0, 0.05) is 17.7 Å². The first kappa shape index (κ1) is 12.9. The molecule has 3 heteroatoms. The molecule has 0 amide bonds. The zero-order valence-electron chi connectivity index (χ0n) is 10.4. The summed E-state index contributed by atoms with van der Waals surface area (Å²) in [7, 11) is 3.27. The monoisotopic (exact) mass is 262 g/mol. The summed E-state index contributed by atoms with van der Waals surface area (Å²) in [6, 6.07) is 10.0. The second-order valence-electron chi connectivity index (χ2n) is 3.91. The Balaban J connectivity index is 2.40. The third kappa shape index (κ3) is 2.66. The largest absolute Gasteiger partial charge is 0.498 e. The standard InChI is InChI=1S/C15H15ClO2/c1-17-14-9-8-13(16)12(15(14)18-2)10-11-6-4-3-5-7-11/h3-10,15H,1-2H3. The first-order valence-electron chi connectivity index (χ1n) is 5.67. The van der Waals surface area contributed by atoms with Crippen LogP contribution in [-0.4, -0.2) is 20.3 Å². The second-order valence-corrected chi connectivity index (χ2v) is 4.32. The molecule has 0 N–H and O–H groups in total. The van der Waals surface area contributed by atoms with E-state index < -0.39 is 0 Å². The Morgan fingerprint density at radius 3 is 2.44 bits per heavy atom. The number of halogens is 1. The Bertz CT molecular complexity index is 500. The van der Waals surface area contributed by atoms with Crippen LogP contribution in [0.25, 0.3) is 6.08 Å². The maximum absolute atomic E-state index is 6.24. The lowest BCUT2D eigenvalue weighted by Gasteiger charge is -2.23. The molecule has 1 unspecified atom stereocenters. The van der Waals surface area contributed by atoms with Crippen molar-refractivity contribution in [1.29, 1.82) is 0 Å². The molecule has 1 atom stereocenters. The molecule has 0 heterocycles. The van der Waals surface area contributed by atoms with Gasteiger partial charge in [0.05, 0.1) is 7.11 Å². The minimum Gasteiger partial charge on any atom is -0.498 e. The number of rotatable bonds is 3. The van der Waals surface area contributed by atoms with Gasteiger partial charge in [0.15, 0.2) is 0 Å². The summed E-state index contributed by atoms with van der Waals surface area (Å²) in [4.78, 5) is 0. The first-order chi connectivity index (χ1) is 8.76. The average molecular weight is 263 g/mol. The Kier molecular flexibility index (Phi) is 4.24. The van der Waals surface area contributed by atoms with Crippen LogP contribution in [0.5, 0.6) is 0 Å². The lowest BCUT2D eigenvalue weighted by Crippen LogP contribution is -2.20. The summed E-state index contributed by atoms with van der Waals surface area (Å²) in [5, 5.41) is 0.673. The fourth-order valence-corrected chi connectivity index (χ4v) is 2.13. The molecule has 0 saturated heterocycles. The number of hydrogen-bond donors (Lipinski definition) is 0. The molecular formula is C15H15ClO2. The van der Waals surface area contributed by atoms with Gasteiger partial charge in [-0.15, -0.1) is 0 Å². The van der Waals surface area contributed by atoms with Gasteiger partial charge in [-0.2, -0.15) is 0 Å². The van der Waals surface area contributed by atoms with Crippen LogP contribution in [0.2, 0.25) is 0 Å². The third-order valence-corrected chi connectivity index (χ3v) is 3.15. The molecule has 1 aromatic rings. The molecule has 94 valence electrons. The van der Waals surface area contributed by atoms with Crippen molar-refractivity contribution < 1.29 is 9.47 Å². The highest BCUT2D eigenvalue weighted by Crippen LogP contribution is 2.31. The van der Waals surface area contributed by atoms with Crippen molar-refractivity contribution in [2.45, 2.75) is 6.10 Å². The number of ether oxygens (including phenoxy) is 2. The summed E-state index contributed by atoms with van der Waals surface area (Å²) in [5.74, 6) is 0.754. The molecule has 2 rings (SSSR count). The minimum atomic E-state index is -0.257. The maximum atomic E-state index is 6.24. The van der Waals surface area contributed by atoms with E-state index in [9.17, 15) is 0 Å². The van der Waals surface area contributed by atoms with E-state index in [1.165, 1.54) is 0 Å². The maximum Gasteiger partial charge on any atom is 0.141 e. The van der Waals surface area contributed by atoms with Gasteiger partial charge in [-0.05, 0) is 23.8 Å². The van der Waals surface area contributed by atoms with Gasteiger partial charge in [-0.3, -0.25) is 0 Å². The number of hydrogen-bond acceptors (Lipinski definition) is 2. The summed E-state index contributed by atoms with van der Waals surface area (Å²) in [6.07, 6.45) is 5.41. The number of benzene rings is 1. The molecule has 0 aliphatic heterocycles. The predicted molar refractivity (Wildman–Crippen MR) is 74.2 cm³/mol. The van der Waals surface area contributed by atoms with Crippen LogP contribution in [0.1, 0.15) is 5.56 Å². The normalized spacial score (nSPS) is 21.5. The molecule has 1 aliphatic carbocycles. The lowest BCUT2D eigenvalue weighted by molar-refractivity contribution is 0.104. The zero-order valence-corrected chi connectivity index (χ0v) is 11.1. The summed E-state index contributed by atoms with van der Waals surface area (Å²) in [6.45, 7) is 0. The van der Waals surface area contributed by atoms with Crippen LogP contribution in [-0.2, 0) is 9.47 Å². The Labute approximate surface area is 112 Å². The van der Waals surface area contributed by atoms with E-state index in [0.29, 0.717) is 5.03 Å². The Hall–Kier alpha value is -1.51. The van der Waals surface area contributed by atoms with Crippen molar-refractivity contribution in [2.24, 2.45) is 0 Å². The molecular weight excluding hydrogens is 248 g/mol. The highest BCUT2D eigenvalue weighted by molar-refractivity contribution is 6.32. The number of allylic oxidation sites excluding steroid dienone is 2. The first-order valence-corrected chi connectivity index (χ1v) is 6.05. The molecule has 1 aromatic carbocycles. The molecule has 0 bridgehead atoms. The molecule has 2 nitrogen and oxygen atoms in total. The van der Waals surface area contributed by atoms with Gasteiger partial charge in [-0.25, -0.2) is 0 Å². The quantitative estimate of drug-likeness (QED) is 0.826. The lowest BCUT2D eigenvalue weighted by atomic mass is 9.99. The molecule has 1 aliphatic rings. The van der Waals surface area contributed by atoms with Crippen molar-refractivity contribution in [3.8, 4) is 0 Å².